The number of benzene rings is 1. The molecule has 3 nitrogen and oxygen atoms in total. The minimum Gasteiger partial charge on any atom is -0.466 e. The summed E-state index contributed by atoms with van der Waals surface area (Å²) in [6.07, 6.45) is 3.92. The Labute approximate surface area is 121 Å². The van der Waals surface area contributed by atoms with Crippen LogP contribution < -0.4 is 5.32 Å². The van der Waals surface area contributed by atoms with Gasteiger partial charge in [0.1, 0.15) is 0 Å². The maximum Gasteiger partial charge on any atom is 0.311 e. The Balaban J connectivity index is 1.78. The van der Waals surface area contributed by atoms with Crippen LogP contribution in [0.15, 0.2) is 30.3 Å². The molecule has 1 N–H and O–H groups in total. The maximum atomic E-state index is 12.0. The van der Waals surface area contributed by atoms with Crippen LogP contribution in [-0.4, -0.2) is 18.6 Å². The average Bonchev–Trinajstić information content (AvgIpc) is 2.48. The van der Waals surface area contributed by atoms with Crippen molar-refractivity contribution in [1.29, 1.82) is 0 Å². The van der Waals surface area contributed by atoms with Crippen molar-refractivity contribution >= 4 is 5.97 Å². The molecule has 1 aromatic rings. The first-order chi connectivity index (χ1) is 9.64. The van der Waals surface area contributed by atoms with Crippen LogP contribution in [0.5, 0.6) is 0 Å². The van der Waals surface area contributed by atoms with Crippen LogP contribution >= 0.6 is 0 Å². The number of ether oxygens (including phenoxy) is 1. The Morgan fingerprint density at radius 2 is 1.95 bits per heavy atom. The van der Waals surface area contributed by atoms with E-state index in [0.29, 0.717) is 12.6 Å². The van der Waals surface area contributed by atoms with Crippen LogP contribution in [0.25, 0.3) is 0 Å². The Morgan fingerprint density at radius 3 is 2.55 bits per heavy atom. The van der Waals surface area contributed by atoms with Gasteiger partial charge in [0.05, 0.1) is 12.0 Å². The van der Waals surface area contributed by atoms with Gasteiger partial charge in [0.15, 0.2) is 0 Å². The first-order valence-corrected chi connectivity index (χ1v) is 7.58. The van der Waals surface area contributed by atoms with Crippen LogP contribution in [-0.2, 0) is 16.1 Å². The summed E-state index contributed by atoms with van der Waals surface area (Å²) in [5, 5.41) is 3.59. The first kappa shape index (κ1) is 15.0. The molecule has 20 heavy (non-hydrogen) atoms. The zero-order chi connectivity index (χ0) is 14.4. The van der Waals surface area contributed by atoms with E-state index in [1.165, 1.54) is 5.56 Å². The second kappa shape index (κ2) is 6.89. The summed E-state index contributed by atoms with van der Waals surface area (Å²) in [5.74, 6) is -0.0264. The van der Waals surface area contributed by atoms with Gasteiger partial charge in [-0.2, -0.15) is 0 Å². The molecule has 0 radical (unpaired) electrons. The van der Waals surface area contributed by atoms with Gasteiger partial charge in [0.25, 0.3) is 0 Å². The third-order valence-corrected chi connectivity index (χ3v) is 4.30. The quantitative estimate of drug-likeness (QED) is 0.838. The molecule has 3 heteroatoms. The molecular formula is C17H25NO2. The number of carbonyl (C=O) groups excluding carboxylic acids is 1. The van der Waals surface area contributed by atoms with Gasteiger partial charge in [-0.3, -0.25) is 4.79 Å². The number of hydrogen-bond donors (Lipinski definition) is 1. The van der Waals surface area contributed by atoms with Crippen LogP contribution in [0.4, 0.5) is 0 Å². The number of rotatable bonds is 5. The zero-order valence-corrected chi connectivity index (χ0v) is 12.5. The van der Waals surface area contributed by atoms with Gasteiger partial charge in [-0.1, -0.05) is 30.3 Å². The minimum absolute atomic E-state index is 0.0264. The molecule has 1 saturated carbocycles. The van der Waals surface area contributed by atoms with Crippen molar-refractivity contribution in [2.75, 3.05) is 6.61 Å². The molecule has 1 aliphatic carbocycles. The van der Waals surface area contributed by atoms with Gasteiger partial charge < -0.3 is 10.1 Å². The Kier molecular flexibility index (Phi) is 5.18. The monoisotopic (exact) mass is 275 g/mol. The van der Waals surface area contributed by atoms with E-state index in [-0.39, 0.29) is 11.4 Å². The lowest BCUT2D eigenvalue weighted by atomic mass is 9.74. The van der Waals surface area contributed by atoms with E-state index in [9.17, 15) is 4.79 Å². The zero-order valence-electron chi connectivity index (χ0n) is 12.5. The van der Waals surface area contributed by atoms with Crippen LogP contribution in [0, 0.1) is 5.41 Å². The van der Waals surface area contributed by atoms with Crippen molar-refractivity contribution in [3.05, 3.63) is 35.9 Å². The molecule has 0 atom stereocenters. The van der Waals surface area contributed by atoms with Gasteiger partial charge in [-0.25, -0.2) is 0 Å². The number of esters is 1. The van der Waals surface area contributed by atoms with Gasteiger partial charge >= 0.3 is 5.97 Å². The third kappa shape index (κ3) is 3.83. The van der Waals surface area contributed by atoms with Crippen molar-refractivity contribution < 1.29 is 9.53 Å². The summed E-state index contributed by atoms with van der Waals surface area (Å²) in [6.45, 7) is 5.29. The first-order valence-electron chi connectivity index (χ1n) is 7.58. The average molecular weight is 275 g/mol. The lowest BCUT2D eigenvalue weighted by molar-refractivity contribution is -0.156. The fourth-order valence-corrected chi connectivity index (χ4v) is 2.83. The Hall–Kier alpha value is -1.35. The summed E-state index contributed by atoms with van der Waals surface area (Å²) in [4.78, 5) is 12.0. The van der Waals surface area contributed by atoms with Crippen molar-refractivity contribution in [2.45, 2.75) is 52.1 Å². The molecule has 1 aliphatic rings. The molecule has 0 aromatic heterocycles. The highest BCUT2D eigenvalue weighted by molar-refractivity contribution is 5.76. The normalized spacial score (nSPS) is 26.2. The molecule has 0 heterocycles. The number of hydrogen-bond acceptors (Lipinski definition) is 3. The summed E-state index contributed by atoms with van der Waals surface area (Å²) in [6, 6.07) is 11.0. The Morgan fingerprint density at radius 1 is 1.30 bits per heavy atom. The summed E-state index contributed by atoms with van der Waals surface area (Å²) in [7, 11) is 0. The summed E-state index contributed by atoms with van der Waals surface area (Å²) >= 11 is 0. The smallest absolute Gasteiger partial charge is 0.311 e. The molecule has 1 aromatic carbocycles. The Bertz CT molecular complexity index is 422. The van der Waals surface area contributed by atoms with Crippen molar-refractivity contribution in [2.24, 2.45) is 5.41 Å². The predicted octanol–water partition coefficient (Wildman–Crippen LogP) is 3.29. The highest BCUT2D eigenvalue weighted by Crippen LogP contribution is 2.37. The lowest BCUT2D eigenvalue weighted by Crippen LogP contribution is -2.40. The molecule has 0 aliphatic heterocycles. The van der Waals surface area contributed by atoms with Gasteiger partial charge in [0.2, 0.25) is 0 Å². The minimum atomic E-state index is -0.277. The van der Waals surface area contributed by atoms with Crippen molar-refractivity contribution in [3.63, 3.8) is 0 Å². The second-order valence-electron chi connectivity index (χ2n) is 5.92. The summed E-state index contributed by atoms with van der Waals surface area (Å²) < 4.78 is 5.19. The second-order valence-corrected chi connectivity index (χ2v) is 5.92. The van der Waals surface area contributed by atoms with E-state index in [2.05, 4.69) is 29.6 Å². The predicted molar refractivity (Wildman–Crippen MR) is 80.3 cm³/mol. The van der Waals surface area contributed by atoms with Crippen LogP contribution in [0.3, 0.4) is 0 Å². The third-order valence-electron chi connectivity index (χ3n) is 4.30. The molecule has 0 bridgehead atoms. The van der Waals surface area contributed by atoms with E-state index < -0.39 is 0 Å². The molecule has 0 spiro atoms. The number of carbonyl (C=O) groups is 1. The fraction of sp³-hybridized carbons (Fsp3) is 0.588. The van der Waals surface area contributed by atoms with Crippen molar-refractivity contribution in [1.82, 2.24) is 5.32 Å². The van der Waals surface area contributed by atoms with E-state index in [0.717, 1.165) is 32.2 Å². The maximum absolute atomic E-state index is 12.0. The highest BCUT2D eigenvalue weighted by atomic mass is 16.5. The standard InChI is InChI=1S/C17H25NO2/c1-3-20-16(19)17(2)11-9-15(10-12-17)18-13-14-7-5-4-6-8-14/h4-8,15,18H,3,9-13H2,1-2H3/t15-,17+. The highest BCUT2D eigenvalue weighted by Gasteiger charge is 2.38. The molecule has 0 amide bonds. The molecule has 1 fully saturated rings. The van der Waals surface area contributed by atoms with Crippen molar-refractivity contribution in [3.8, 4) is 0 Å². The molecule has 0 saturated heterocycles. The molecule has 0 unspecified atom stereocenters. The van der Waals surface area contributed by atoms with Crippen LogP contribution in [0.2, 0.25) is 0 Å². The lowest BCUT2D eigenvalue weighted by Gasteiger charge is -2.35. The van der Waals surface area contributed by atoms with Gasteiger partial charge in [-0.05, 0) is 45.1 Å². The SMILES string of the molecule is CCOC(=O)[C@]1(C)CC[C@H](NCc2ccccc2)CC1. The van der Waals surface area contributed by atoms with E-state index in [4.69, 9.17) is 4.74 Å². The van der Waals surface area contributed by atoms with Gasteiger partial charge in [0, 0.05) is 12.6 Å². The van der Waals surface area contributed by atoms with Gasteiger partial charge in [-0.15, -0.1) is 0 Å². The van der Waals surface area contributed by atoms with Crippen LogP contribution in [0.1, 0.15) is 45.1 Å². The fourth-order valence-electron chi connectivity index (χ4n) is 2.83. The topological polar surface area (TPSA) is 38.3 Å². The largest absolute Gasteiger partial charge is 0.466 e. The molecule has 110 valence electrons. The molecule has 2 rings (SSSR count). The molecular weight excluding hydrogens is 250 g/mol. The van der Waals surface area contributed by atoms with E-state index >= 15 is 0 Å². The van der Waals surface area contributed by atoms with E-state index in [1.54, 1.807) is 0 Å². The summed E-state index contributed by atoms with van der Waals surface area (Å²) in [5.41, 5.74) is 1.03. The number of nitrogens with one attached hydrogen (secondary N) is 1. The van der Waals surface area contributed by atoms with E-state index in [1.807, 2.05) is 19.9 Å².